The summed E-state index contributed by atoms with van der Waals surface area (Å²) in [7, 11) is 0. The molecule has 4 fully saturated rings. The van der Waals surface area contributed by atoms with E-state index >= 15 is 0 Å². The summed E-state index contributed by atoms with van der Waals surface area (Å²) in [5, 5.41) is 0. The summed E-state index contributed by atoms with van der Waals surface area (Å²) >= 11 is 0. The van der Waals surface area contributed by atoms with Crippen LogP contribution in [0.3, 0.4) is 0 Å². The van der Waals surface area contributed by atoms with E-state index in [4.69, 9.17) is 28.4 Å². The minimum absolute atomic E-state index is 0.0601. The van der Waals surface area contributed by atoms with E-state index in [-0.39, 0.29) is 30.5 Å². The lowest BCUT2D eigenvalue weighted by molar-refractivity contribution is -0.284. The van der Waals surface area contributed by atoms with Gasteiger partial charge in [0, 0.05) is 18.3 Å². The molecule has 1 aromatic carbocycles. The van der Waals surface area contributed by atoms with E-state index in [1.165, 1.54) is 0 Å². The molecule has 130 valence electrons. The molecule has 0 N–H and O–H groups in total. The summed E-state index contributed by atoms with van der Waals surface area (Å²) < 4.78 is 35.7. The van der Waals surface area contributed by atoms with Crippen LogP contribution in [0.15, 0.2) is 30.3 Å². The van der Waals surface area contributed by atoms with Crippen LogP contribution in [0.2, 0.25) is 0 Å². The number of hydrogen-bond acceptors (Lipinski definition) is 6. The molecule has 0 aliphatic carbocycles. The van der Waals surface area contributed by atoms with Gasteiger partial charge < -0.3 is 28.4 Å². The number of benzene rings is 1. The second-order valence-electron chi connectivity index (χ2n) is 6.81. The fraction of sp³-hybridized carbons (Fsp3) is 0.667. The van der Waals surface area contributed by atoms with Gasteiger partial charge in [-0.2, -0.15) is 0 Å². The normalized spacial score (nSPS) is 38.7. The molecule has 4 heterocycles. The third-order valence-corrected chi connectivity index (χ3v) is 5.39. The van der Waals surface area contributed by atoms with Crippen LogP contribution in [0, 0.1) is 11.8 Å². The molecular formula is C18H22O6. The molecule has 4 aliphatic heterocycles. The summed E-state index contributed by atoms with van der Waals surface area (Å²) in [4.78, 5) is 0. The Labute approximate surface area is 140 Å². The Morgan fingerprint density at radius 3 is 2.33 bits per heavy atom. The van der Waals surface area contributed by atoms with Gasteiger partial charge in [-0.25, -0.2) is 0 Å². The van der Waals surface area contributed by atoms with Crippen molar-refractivity contribution in [1.82, 2.24) is 0 Å². The molecule has 1 aromatic rings. The van der Waals surface area contributed by atoms with Gasteiger partial charge in [0.15, 0.2) is 18.4 Å². The maximum absolute atomic E-state index is 6.29. The molecule has 0 saturated carbocycles. The first kappa shape index (κ1) is 15.3. The monoisotopic (exact) mass is 334 g/mol. The molecule has 24 heavy (non-hydrogen) atoms. The maximum Gasteiger partial charge on any atom is 0.192 e. The van der Waals surface area contributed by atoms with E-state index in [1.54, 1.807) is 0 Å². The molecule has 6 heteroatoms. The average molecular weight is 334 g/mol. The van der Waals surface area contributed by atoms with E-state index in [0.717, 1.165) is 12.0 Å². The molecule has 0 radical (unpaired) electrons. The summed E-state index contributed by atoms with van der Waals surface area (Å²) in [6.45, 7) is 2.89. The number of ether oxygens (including phenoxy) is 6. The highest BCUT2D eigenvalue weighted by Gasteiger charge is 2.58. The first-order valence-corrected chi connectivity index (χ1v) is 8.68. The number of fused-ring (bicyclic) bond motifs is 1. The van der Waals surface area contributed by atoms with Crippen LogP contribution in [0.1, 0.15) is 18.1 Å². The predicted molar refractivity (Wildman–Crippen MR) is 81.9 cm³/mol. The Morgan fingerprint density at radius 1 is 0.833 bits per heavy atom. The quantitative estimate of drug-likeness (QED) is 0.823. The third kappa shape index (κ3) is 2.49. The Kier molecular flexibility index (Phi) is 3.85. The largest absolute Gasteiger partial charge is 0.350 e. The summed E-state index contributed by atoms with van der Waals surface area (Å²) in [6.07, 6.45) is 0.0900. The van der Waals surface area contributed by atoms with Gasteiger partial charge >= 0.3 is 0 Å². The molecule has 4 saturated heterocycles. The smallest absolute Gasteiger partial charge is 0.192 e. The zero-order valence-electron chi connectivity index (χ0n) is 13.5. The van der Waals surface area contributed by atoms with Crippen molar-refractivity contribution in [1.29, 1.82) is 0 Å². The van der Waals surface area contributed by atoms with E-state index in [1.807, 2.05) is 18.2 Å². The van der Waals surface area contributed by atoms with E-state index in [0.29, 0.717) is 33.0 Å². The van der Waals surface area contributed by atoms with Gasteiger partial charge in [0.1, 0.15) is 6.61 Å². The predicted octanol–water partition coefficient (Wildman–Crippen LogP) is 1.85. The fourth-order valence-corrected chi connectivity index (χ4v) is 4.35. The second-order valence-corrected chi connectivity index (χ2v) is 6.81. The summed E-state index contributed by atoms with van der Waals surface area (Å²) in [5.41, 5.74) is 1.13. The summed E-state index contributed by atoms with van der Waals surface area (Å²) in [5.74, 6) is -0.456. The van der Waals surface area contributed by atoms with Crippen LogP contribution in [-0.4, -0.2) is 51.4 Å². The molecule has 5 rings (SSSR count). The van der Waals surface area contributed by atoms with Crippen molar-refractivity contribution in [3.05, 3.63) is 35.9 Å². The van der Waals surface area contributed by atoms with Gasteiger partial charge in [0.05, 0.1) is 32.5 Å². The van der Waals surface area contributed by atoms with Crippen LogP contribution >= 0.6 is 0 Å². The molecular weight excluding hydrogens is 312 g/mol. The van der Waals surface area contributed by atoms with Gasteiger partial charge in [0.2, 0.25) is 0 Å². The van der Waals surface area contributed by atoms with Crippen molar-refractivity contribution in [3.63, 3.8) is 0 Å². The van der Waals surface area contributed by atoms with Crippen LogP contribution in [0.25, 0.3) is 0 Å². The number of rotatable bonds is 2. The lowest BCUT2D eigenvalue weighted by atomic mass is 9.81. The Morgan fingerprint density at radius 2 is 1.58 bits per heavy atom. The van der Waals surface area contributed by atoms with Gasteiger partial charge in [-0.3, -0.25) is 0 Å². The first-order valence-electron chi connectivity index (χ1n) is 8.68. The standard InChI is InChI=1S/C18H22O6/c1-2-4-12(5-3-1)15-14(17-19-6-7-20-17)13-10-18(22-8-9-23-18)11-21-16(13)24-15/h1-5,13-17H,6-11H2/t13-,14-,15+,16+/m0/s1. The lowest BCUT2D eigenvalue weighted by Crippen LogP contribution is -2.49. The molecule has 0 amide bonds. The van der Waals surface area contributed by atoms with Crippen molar-refractivity contribution in [2.45, 2.75) is 30.9 Å². The zero-order chi connectivity index (χ0) is 16.0. The van der Waals surface area contributed by atoms with Crippen molar-refractivity contribution in [2.24, 2.45) is 11.8 Å². The average Bonchev–Trinajstić information content (AvgIpc) is 3.35. The molecule has 1 spiro atoms. The van der Waals surface area contributed by atoms with Gasteiger partial charge in [0.25, 0.3) is 0 Å². The van der Waals surface area contributed by atoms with Gasteiger partial charge in [-0.1, -0.05) is 30.3 Å². The van der Waals surface area contributed by atoms with Crippen molar-refractivity contribution < 1.29 is 28.4 Å². The Bertz CT molecular complexity index is 566. The van der Waals surface area contributed by atoms with Gasteiger partial charge in [-0.15, -0.1) is 0 Å². The van der Waals surface area contributed by atoms with E-state index in [9.17, 15) is 0 Å². The molecule has 4 atom stereocenters. The van der Waals surface area contributed by atoms with Crippen molar-refractivity contribution >= 4 is 0 Å². The maximum atomic E-state index is 6.29. The van der Waals surface area contributed by atoms with Crippen molar-refractivity contribution in [3.8, 4) is 0 Å². The van der Waals surface area contributed by atoms with Crippen molar-refractivity contribution in [2.75, 3.05) is 33.0 Å². The van der Waals surface area contributed by atoms with Gasteiger partial charge in [-0.05, 0) is 5.56 Å². The second kappa shape index (κ2) is 6.05. The highest BCUT2D eigenvalue weighted by molar-refractivity contribution is 5.20. The van der Waals surface area contributed by atoms with E-state index < -0.39 is 5.79 Å². The van der Waals surface area contributed by atoms with Crippen LogP contribution < -0.4 is 0 Å². The fourth-order valence-electron chi connectivity index (χ4n) is 4.35. The lowest BCUT2D eigenvalue weighted by Gasteiger charge is -2.39. The highest BCUT2D eigenvalue weighted by atomic mass is 16.8. The Balaban J connectivity index is 1.46. The zero-order valence-corrected chi connectivity index (χ0v) is 13.5. The molecule has 6 nitrogen and oxygen atoms in total. The molecule has 0 unspecified atom stereocenters. The minimum atomic E-state index is -0.632. The van der Waals surface area contributed by atoms with Crippen LogP contribution in [0.5, 0.6) is 0 Å². The van der Waals surface area contributed by atoms with E-state index in [2.05, 4.69) is 12.1 Å². The minimum Gasteiger partial charge on any atom is -0.350 e. The number of hydrogen-bond donors (Lipinski definition) is 0. The molecule has 4 aliphatic rings. The highest BCUT2D eigenvalue weighted by Crippen LogP contribution is 2.52. The van der Waals surface area contributed by atoms with Crippen LogP contribution in [0.4, 0.5) is 0 Å². The SMILES string of the molecule is c1ccc([C@H]2O[C@H]3OCC4(C[C@H]3[C@@H]2C2OCCO2)OCCO4)cc1. The molecule has 0 aromatic heterocycles. The third-order valence-electron chi connectivity index (χ3n) is 5.39. The Hall–Kier alpha value is -1.02. The van der Waals surface area contributed by atoms with Crippen LogP contribution in [-0.2, 0) is 28.4 Å². The molecule has 0 bridgehead atoms. The topological polar surface area (TPSA) is 55.4 Å². The first-order chi connectivity index (χ1) is 11.8. The summed E-state index contributed by atoms with van der Waals surface area (Å²) in [6, 6.07) is 10.2.